The number of carbonyl (C=O) groups is 2. The van der Waals surface area contributed by atoms with Gasteiger partial charge in [0.1, 0.15) is 16.4 Å². The third-order valence-corrected chi connectivity index (χ3v) is 6.35. The average Bonchev–Trinajstić information content (AvgIpc) is 3.16. The molecule has 9 heteroatoms. The van der Waals surface area contributed by atoms with Crippen molar-refractivity contribution in [3.63, 3.8) is 0 Å². The van der Waals surface area contributed by atoms with Gasteiger partial charge >= 0.3 is 5.97 Å². The van der Waals surface area contributed by atoms with Gasteiger partial charge in [-0.3, -0.25) is 4.79 Å². The summed E-state index contributed by atoms with van der Waals surface area (Å²) in [5.41, 5.74) is 2.99. The molecule has 1 N–H and O–H groups in total. The summed E-state index contributed by atoms with van der Waals surface area (Å²) < 4.78 is 11.7. The van der Waals surface area contributed by atoms with Crippen molar-refractivity contribution in [2.45, 2.75) is 0 Å². The second-order valence-corrected chi connectivity index (χ2v) is 8.55. The van der Waals surface area contributed by atoms with Gasteiger partial charge in [0.05, 0.1) is 16.3 Å². The first-order chi connectivity index (χ1) is 16.0. The fourth-order valence-electron chi connectivity index (χ4n) is 2.87. The first-order valence-corrected chi connectivity index (χ1v) is 11.3. The molecule has 1 amide bonds. The number of benzene rings is 3. The summed E-state index contributed by atoms with van der Waals surface area (Å²) in [5, 5.41) is 5.50. The van der Waals surface area contributed by atoms with Crippen LogP contribution >= 0.6 is 34.5 Å². The van der Waals surface area contributed by atoms with Crippen molar-refractivity contribution < 1.29 is 19.1 Å². The molecule has 0 aliphatic carbocycles. The lowest BCUT2D eigenvalue weighted by molar-refractivity contribution is -0.123. The van der Waals surface area contributed by atoms with Gasteiger partial charge in [-0.05, 0) is 35.9 Å². The molecule has 4 rings (SSSR count). The molecule has 1 aromatic heterocycles. The molecule has 6 nitrogen and oxygen atoms in total. The molecule has 4 aromatic rings. The van der Waals surface area contributed by atoms with Crippen LogP contribution in [-0.2, 0) is 4.79 Å². The summed E-state index contributed by atoms with van der Waals surface area (Å²) in [6.07, 6.45) is 1.43. The summed E-state index contributed by atoms with van der Waals surface area (Å²) in [6, 6.07) is 21.1. The number of hydrazone groups is 1. The van der Waals surface area contributed by atoms with Crippen LogP contribution in [0.2, 0.25) is 10.0 Å². The molecule has 0 aliphatic rings. The van der Waals surface area contributed by atoms with Gasteiger partial charge in [0.15, 0.2) is 6.61 Å². The molecular weight excluding hydrogens is 483 g/mol. The Bertz CT molecular complexity index is 1350. The van der Waals surface area contributed by atoms with E-state index in [0.717, 1.165) is 10.1 Å². The van der Waals surface area contributed by atoms with Crippen molar-refractivity contribution in [3.05, 3.63) is 93.3 Å². The molecular formula is C24H16Cl2N2O4S. The number of nitrogens with one attached hydrogen (secondary N) is 1. The van der Waals surface area contributed by atoms with Crippen LogP contribution in [0.25, 0.3) is 10.1 Å². The van der Waals surface area contributed by atoms with E-state index in [2.05, 4.69) is 10.5 Å². The maximum absolute atomic E-state index is 12.6. The molecule has 0 fully saturated rings. The van der Waals surface area contributed by atoms with Gasteiger partial charge in [-0.2, -0.15) is 5.10 Å². The number of nitrogens with zero attached hydrogens (tertiary/aromatic N) is 1. The van der Waals surface area contributed by atoms with Crippen LogP contribution in [0.3, 0.4) is 0 Å². The van der Waals surface area contributed by atoms with Crippen LogP contribution in [0.5, 0.6) is 11.5 Å². The predicted octanol–water partition coefficient (Wildman–Crippen LogP) is 5.96. The first-order valence-electron chi connectivity index (χ1n) is 9.70. The van der Waals surface area contributed by atoms with Crippen molar-refractivity contribution in [2.24, 2.45) is 5.10 Å². The van der Waals surface area contributed by atoms with Gasteiger partial charge < -0.3 is 9.47 Å². The van der Waals surface area contributed by atoms with Gasteiger partial charge in [0, 0.05) is 10.1 Å². The minimum atomic E-state index is -0.541. The number of hydrogen-bond acceptors (Lipinski definition) is 6. The Balaban J connectivity index is 1.35. The highest BCUT2D eigenvalue weighted by Crippen LogP contribution is 2.35. The van der Waals surface area contributed by atoms with Crippen molar-refractivity contribution >= 4 is 62.7 Å². The van der Waals surface area contributed by atoms with Crippen LogP contribution in [0.1, 0.15) is 15.2 Å². The Morgan fingerprint density at radius 3 is 2.61 bits per heavy atom. The molecule has 1 heterocycles. The van der Waals surface area contributed by atoms with Gasteiger partial charge in [-0.1, -0.05) is 65.7 Å². The normalized spacial score (nSPS) is 11.0. The third kappa shape index (κ3) is 5.70. The van der Waals surface area contributed by atoms with Crippen LogP contribution in [0, 0.1) is 0 Å². The summed E-state index contributed by atoms with van der Waals surface area (Å²) in [4.78, 5) is 24.9. The summed E-state index contributed by atoms with van der Waals surface area (Å²) in [6.45, 7) is -0.241. The van der Waals surface area contributed by atoms with Gasteiger partial charge in [0.2, 0.25) is 0 Å². The molecule has 0 saturated heterocycles. The van der Waals surface area contributed by atoms with E-state index in [1.165, 1.54) is 17.6 Å². The maximum Gasteiger partial charge on any atom is 0.355 e. The standard InChI is InChI=1S/C24H16Cl2N2O4S/c25-18-9-2-3-10-19(18)31-14-21(29)28-27-13-15-6-5-7-16(12-15)32-24(30)23-22(26)17-8-1-4-11-20(17)33-23/h1-13H,14H2,(H,28,29)/b27-13+. The second-order valence-electron chi connectivity index (χ2n) is 6.72. The average molecular weight is 499 g/mol. The number of halogens is 2. The largest absolute Gasteiger partial charge is 0.482 e. The number of thiophene rings is 1. The Morgan fingerprint density at radius 1 is 1.00 bits per heavy atom. The highest BCUT2D eigenvalue weighted by molar-refractivity contribution is 7.21. The minimum absolute atomic E-state index is 0.241. The minimum Gasteiger partial charge on any atom is -0.482 e. The summed E-state index contributed by atoms with van der Waals surface area (Å²) >= 11 is 13.6. The van der Waals surface area contributed by atoms with E-state index in [9.17, 15) is 9.59 Å². The van der Waals surface area contributed by atoms with Crippen molar-refractivity contribution in [2.75, 3.05) is 6.61 Å². The van der Waals surface area contributed by atoms with Gasteiger partial charge in [-0.15, -0.1) is 11.3 Å². The molecule has 0 bridgehead atoms. The molecule has 0 unspecified atom stereocenters. The zero-order chi connectivity index (χ0) is 23.2. The van der Waals surface area contributed by atoms with Crippen LogP contribution in [0.15, 0.2) is 77.9 Å². The summed E-state index contributed by atoms with van der Waals surface area (Å²) in [5.74, 6) is -0.258. The number of rotatable bonds is 7. The van der Waals surface area contributed by atoms with Crippen LogP contribution < -0.4 is 14.9 Å². The van der Waals surface area contributed by atoms with Gasteiger partial charge in [0.25, 0.3) is 5.91 Å². The highest BCUT2D eigenvalue weighted by atomic mass is 35.5. The fourth-order valence-corrected chi connectivity index (χ4v) is 4.45. The Kier molecular flexibility index (Phi) is 7.24. The van der Waals surface area contributed by atoms with Crippen molar-refractivity contribution in [1.82, 2.24) is 5.43 Å². The molecule has 0 spiro atoms. The number of esters is 1. The fraction of sp³-hybridized carbons (Fsp3) is 0.0417. The second kappa shape index (κ2) is 10.5. The zero-order valence-electron chi connectivity index (χ0n) is 17.0. The predicted molar refractivity (Wildman–Crippen MR) is 131 cm³/mol. The van der Waals surface area contributed by atoms with E-state index in [0.29, 0.717) is 32.0 Å². The topological polar surface area (TPSA) is 77.0 Å². The SMILES string of the molecule is O=C(COc1ccccc1Cl)N/N=C/c1cccc(OC(=O)c2sc3ccccc3c2Cl)c1. The molecule has 0 radical (unpaired) electrons. The number of para-hydroxylation sites is 1. The number of carbonyl (C=O) groups excluding carboxylic acids is 2. The number of ether oxygens (including phenoxy) is 2. The molecule has 3 aromatic carbocycles. The number of fused-ring (bicyclic) bond motifs is 1. The Morgan fingerprint density at radius 2 is 1.79 bits per heavy atom. The van der Waals surface area contributed by atoms with E-state index in [4.69, 9.17) is 32.7 Å². The highest BCUT2D eigenvalue weighted by Gasteiger charge is 2.19. The molecule has 0 saturated carbocycles. The molecule has 0 atom stereocenters. The smallest absolute Gasteiger partial charge is 0.355 e. The van der Waals surface area contributed by atoms with E-state index < -0.39 is 11.9 Å². The maximum atomic E-state index is 12.6. The zero-order valence-corrected chi connectivity index (χ0v) is 19.3. The van der Waals surface area contributed by atoms with Crippen LogP contribution in [-0.4, -0.2) is 24.7 Å². The number of amides is 1. The summed E-state index contributed by atoms with van der Waals surface area (Å²) in [7, 11) is 0. The molecule has 33 heavy (non-hydrogen) atoms. The lowest BCUT2D eigenvalue weighted by Crippen LogP contribution is -2.24. The number of hydrogen-bond donors (Lipinski definition) is 1. The van der Waals surface area contributed by atoms with Crippen LogP contribution in [0.4, 0.5) is 0 Å². The van der Waals surface area contributed by atoms with Crippen molar-refractivity contribution in [1.29, 1.82) is 0 Å². The Hall–Kier alpha value is -3.39. The van der Waals surface area contributed by atoms with Gasteiger partial charge in [-0.25, -0.2) is 10.2 Å². The van der Waals surface area contributed by atoms with E-state index in [1.807, 2.05) is 24.3 Å². The Labute approximate surface area is 203 Å². The molecule has 0 aliphatic heterocycles. The van der Waals surface area contributed by atoms with E-state index in [1.54, 1.807) is 48.5 Å². The quantitative estimate of drug-likeness (QED) is 0.147. The lowest BCUT2D eigenvalue weighted by Gasteiger charge is -2.06. The van der Waals surface area contributed by atoms with Crippen molar-refractivity contribution in [3.8, 4) is 11.5 Å². The molecule has 166 valence electrons. The van der Waals surface area contributed by atoms with E-state index >= 15 is 0 Å². The first kappa shape index (κ1) is 22.8. The monoisotopic (exact) mass is 498 g/mol. The third-order valence-electron chi connectivity index (χ3n) is 4.39. The lowest BCUT2D eigenvalue weighted by atomic mass is 10.2. The van der Waals surface area contributed by atoms with E-state index in [-0.39, 0.29) is 6.61 Å².